The molecule has 6 heteroatoms. The smallest absolute Gasteiger partial charge is 0.257 e. The Morgan fingerprint density at radius 1 is 0.969 bits per heavy atom. The molecular weight excluding hydrogens is 404 g/mol. The second-order valence-electron chi connectivity index (χ2n) is 7.72. The van der Waals surface area contributed by atoms with E-state index in [1.165, 1.54) is 4.90 Å². The van der Waals surface area contributed by atoms with Crippen molar-refractivity contribution >= 4 is 23.4 Å². The van der Waals surface area contributed by atoms with Crippen LogP contribution in [0.25, 0.3) is 0 Å². The summed E-state index contributed by atoms with van der Waals surface area (Å²) in [6.45, 7) is 2.09. The van der Waals surface area contributed by atoms with Gasteiger partial charge in [-0.15, -0.1) is 0 Å². The Morgan fingerprint density at radius 2 is 1.62 bits per heavy atom. The van der Waals surface area contributed by atoms with Gasteiger partial charge in [-0.3, -0.25) is 14.4 Å². The molecule has 32 heavy (non-hydrogen) atoms. The van der Waals surface area contributed by atoms with E-state index in [1.54, 1.807) is 43.5 Å². The van der Waals surface area contributed by atoms with E-state index in [9.17, 15) is 14.4 Å². The van der Waals surface area contributed by atoms with Gasteiger partial charge in [-0.1, -0.05) is 48.5 Å². The summed E-state index contributed by atoms with van der Waals surface area (Å²) in [7, 11) is 1.55. The van der Waals surface area contributed by atoms with Gasteiger partial charge in [0.1, 0.15) is 11.8 Å². The van der Waals surface area contributed by atoms with Crippen molar-refractivity contribution in [1.29, 1.82) is 0 Å². The zero-order valence-electron chi connectivity index (χ0n) is 18.0. The molecule has 0 aromatic heterocycles. The number of carbonyl (C=O) groups excluding carboxylic acids is 3. The third-order valence-electron chi connectivity index (χ3n) is 5.66. The van der Waals surface area contributed by atoms with Crippen LogP contribution in [0.2, 0.25) is 0 Å². The Balaban J connectivity index is 1.68. The summed E-state index contributed by atoms with van der Waals surface area (Å²) in [5, 5.41) is 0. The van der Waals surface area contributed by atoms with Crippen LogP contribution < -0.4 is 9.64 Å². The largest absolute Gasteiger partial charge is 0.497 e. The molecule has 4 rings (SSSR count). The van der Waals surface area contributed by atoms with E-state index in [1.807, 2.05) is 49.4 Å². The molecule has 6 nitrogen and oxygen atoms in total. The fraction of sp³-hybridized carbons (Fsp3) is 0.192. The molecule has 1 atom stereocenters. The first-order valence-electron chi connectivity index (χ1n) is 10.4. The van der Waals surface area contributed by atoms with Crippen LogP contribution in [-0.4, -0.2) is 35.8 Å². The molecule has 1 unspecified atom stereocenters. The van der Waals surface area contributed by atoms with Crippen LogP contribution >= 0.6 is 0 Å². The van der Waals surface area contributed by atoms with Crippen LogP contribution in [0.3, 0.4) is 0 Å². The number of ether oxygens (including phenoxy) is 1. The van der Waals surface area contributed by atoms with Crippen LogP contribution in [0.1, 0.15) is 27.9 Å². The molecule has 1 aliphatic heterocycles. The number of carbonyl (C=O) groups is 3. The molecule has 0 spiro atoms. The number of amides is 3. The number of hydrogen-bond donors (Lipinski definition) is 0. The van der Waals surface area contributed by atoms with Crippen LogP contribution in [0.5, 0.6) is 5.75 Å². The standard InChI is InChI=1S/C26H24N2O4/c1-18-8-6-7-11-22(18)25(30)27(17-19-9-4-3-5-10-19)23-16-24(29)28(26(23)31)20-12-14-21(32-2)15-13-20/h3-15,23H,16-17H2,1-2H3. The van der Waals surface area contributed by atoms with Crippen molar-refractivity contribution < 1.29 is 19.1 Å². The lowest BCUT2D eigenvalue weighted by Crippen LogP contribution is -2.45. The predicted molar refractivity (Wildman–Crippen MR) is 121 cm³/mol. The monoisotopic (exact) mass is 428 g/mol. The summed E-state index contributed by atoms with van der Waals surface area (Å²) in [6.07, 6.45) is -0.0602. The Labute approximate surface area is 187 Å². The molecule has 1 fully saturated rings. The molecule has 3 aromatic carbocycles. The molecule has 1 heterocycles. The van der Waals surface area contributed by atoms with Gasteiger partial charge in [-0.2, -0.15) is 0 Å². The average molecular weight is 428 g/mol. The number of nitrogens with zero attached hydrogens (tertiary/aromatic N) is 2. The van der Waals surface area contributed by atoms with E-state index in [2.05, 4.69) is 0 Å². The summed E-state index contributed by atoms with van der Waals surface area (Å²) >= 11 is 0. The first-order chi connectivity index (χ1) is 15.5. The highest BCUT2D eigenvalue weighted by molar-refractivity contribution is 6.23. The average Bonchev–Trinajstić information content (AvgIpc) is 3.11. The molecule has 3 amide bonds. The highest BCUT2D eigenvalue weighted by atomic mass is 16.5. The van der Waals surface area contributed by atoms with Crippen LogP contribution in [-0.2, 0) is 16.1 Å². The van der Waals surface area contributed by atoms with E-state index in [-0.39, 0.29) is 24.8 Å². The van der Waals surface area contributed by atoms with Crippen molar-refractivity contribution in [3.8, 4) is 5.75 Å². The third kappa shape index (κ3) is 4.12. The molecule has 0 bridgehead atoms. The topological polar surface area (TPSA) is 66.9 Å². The number of methoxy groups -OCH3 is 1. The van der Waals surface area contributed by atoms with E-state index >= 15 is 0 Å². The third-order valence-corrected chi connectivity index (χ3v) is 5.66. The summed E-state index contributed by atoms with van der Waals surface area (Å²) in [4.78, 5) is 42.5. The lowest BCUT2D eigenvalue weighted by Gasteiger charge is -2.28. The lowest BCUT2D eigenvalue weighted by atomic mass is 10.0. The van der Waals surface area contributed by atoms with Crippen LogP contribution in [0.4, 0.5) is 5.69 Å². The number of anilines is 1. The summed E-state index contributed by atoms with van der Waals surface area (Å²) < 4.78 is 5.16. The molecule has 0 radical (unpaired) electrons. The maximum atomic E-state index is 13.6. The Hall–Kier alpha value is -3.93. The van der Waals surface area contributed by atoms with Gasteiger partial charge in [0.2, 0.25) is 5.91 Å². The fourth-order valence-corrected chi connectivity index (χ4v) is 3.93. The normalized spacial score (nSPS) is 15.7. The minimum atomic E-state index is -0.878. The van der Waals surface area contributed by atoms with Crippen molar-refractivity contribution in [3.63, 3.8) is 0 Å². The highest BCUT2D eigenvalue weighted by Crippen LogP contribution is 2.29. The maximum Gasteiger partial charge on any atom is 0.257 e. The molecule has 1 aliphatic rings. The Kier molecular flexibility index (Phi) is 6.03. The Morgan fingerprint density at radius 3 is 2.28 bits per heavy atom. The van der Waals surface area contributed by atoms with Crippen molar-refractivity contribution in [2.75, 3.05) is 12.0 Å². The second-order valence-corrected chi connectivity index (χ2v) is 7.72. The van der Waals surface area contributed by atoms with Crippen LogP contribution in [0.15, 0.2) is 78.9 Å². The van der Waals surface area contributed by atoms with Gasteiger partial charge >= 0.3 is 0 Å². The predicted octanol–water partition coefficient (Wildman–Crippen LogP) is 3.98. The number of rotatable bonds is 6. The molecular formula is C26H24N2O4. The maximum absolute atomic E-state index is 13.6. The van der Waals surface area contributed by atoms with Crippen molar-refractivity contribution in [2.45, 2.75) is 25.9 Å². The summed E-state index contributed by atoms with van der Waals surface area (Å²) in [5.41, 5.74) is 2.69. The highest BCUT2D eigenvalue weighted by Gasteiger charge is 2.44. The van der Waals surface area contributed by atoms with Gasteiger partial charge in [-0.25, -0.2) is 4.90 Å². The molecule has 0 aliphatic carbocycles. The van der Waals surface area contributed by atoms with E-state index in [0.29, 0.717) is 17.0 Å². The fourth-order valence-electron chi connectivity index (χ4n) is 3.93. The molecule has 0 N–H and O–H groups in total. The quantitative estimate of drug-likeness (QED) is 0.557. The van der Waals surface area contributed by atoms with Crippen molar-refractivity contribution in [3.05, 3.63) is 95.6 Å². The lowest BCUT2D eigenvalue weighted by molar-refractivity contribution is -0.122. The van der Waals surface area contributed by atoms with E-state index in [0.717, 1.165) is 16.0 Å². The zero-order valence-corrected chi connectivity index (χ0v) is 18.0. The van der Waals surface area contributed by atoms with E-state index < -0.39 is 11.9 Å². The number of hydrogen-bond acceptors (Lipinski definition) is 4. The second kappa shape index (κ2) is 9.06. The van der Waals surface area contributed by atoms with Crippen LogP contribution in [0, 0.1) is 6.92 Å². The molecule has 162 valence electrons. The van der Waals surface area contributed by atoms with Gasteiger partial charge in [-0.05, 0) is 48.4 Å². The van der Waals surface area contributed by atoms with E-state index in [4.69, 9.17) is 4.74 Å². The van der Waals surface area contributed by atoms with Gasteiger partial charge in [0.15, 0.2) is 0 Å². The number of benzene rings is 3. The number of aryl methyl sites for hydroxylation is 1. The Bertz CT molecular complexity index is 1140. The SMILES string of the molecule is COc1ccc(N2C(=O)CC(N(Cc3ccccc3)C(=O)c3ccccc3C)C2=O)cc1. The summed E-state index contributed by atoms with van der Waals surface area (Å²) in [5.74, 6) is -0.377. The first-order valence-corrected chi connectivity index (χ1v) is 10.4. The van der Waals surface area contributed by atoms with Gasteiger partial charge < -0.3 is 9.64 Å². The molecule has 0 saturated carbocycles. The zero-order chi connectivity index (χ0) is 22.7. The minimum absolute atomic E-state index is 0.0602. The van der Waals surface area contributed by atoms with Gasteiger partial charge in [0.05, 0.1) is 19.2 Å². The van der Waals surface area contributed by atoms with Crippen molar-refractivity contribution in [1.82, 2.24) is 4.90 Å². The van der Waals surface area contributed by atoms with Gasteiger partial charge in [0, 0.05) is 12.1 Å². The minimum Gasteiger partial charge on any atom is -0.497 e. The number of imide groups is 1. The van der Waals surface area contributed by atoms with Crippen molar-refractivity contribution in [2.24, 2.45) is 0 Å². The molecule has 1 saturated heterocycles. The van der Waals surface area contributed by atoms with Gasteiger partial charge in [0.25, 0.3) is 11.8 Å². The first kappa shape index (κ1) is 21.3. The molecule has 3 aromatic rings. The summed E-state index contributed by atoms with van der Waals surface area (Å²) in [6, 6.07) is 22.6.